The second kappa shape index (κ2) is 6.17. The fourth-order valence-electron chi connectivity index (χ4n) is 1.72. The number of aryl methyl sites for hydroxylation is 1. The fourth-order valence-corrected chi connectivity index (χ4v) is 3.36. The maximum absolute atomic E-state index is 12.2. The molecule has 6 heteroatoms. The number of nitrogens with one attached hydrogen (secondary N) is 1. The number of hydrogen-bond acceptors (Lipinski definition) is 4. The molecule has 0 saturated heterocycles. The summed E-state index contributed by atoms with van der Waals surface area (Å²) in [6.07, 6.45) is 0.613. The van der Waals surface area contributed by atoms with Gasteiger partial charge in [-0.1, -0.05) is 12.1 Å². The van der Waals surface area contributed by atoms with Gasteiger partial charge in [-0.3, -0.25) is 0 Å². The van der Waals surface area contributed by atoms with Gasteiger partial charge in [0.15, 0.2) is 0 Å². The van der Waals surface area contributed by atoms with Crippen molar-refractivity contribution in [2.24, 2.45) is 0 Å². The molecule has 5 nitrogen and oxygen atoms in total. The number of nitrogen functional groups attached to an aromatic ring is 1. The maximum Gasteiger partial charge on any atom is 0.243 e. The van der Waals surface area contributed by atoms with Crippen LogP contribution in [0.4, 0.5) is 5.69 Å². The van der Waals surface area contributed by atoms with Gasteiger partial charge in [0.25, 0.3) is 0 Å². The van der Waals surface area contributed by atoms with Crippen molar-refractivity contribution >= 4 is 15.7 Å². The smallest absolute Gasteiger partial charge is 0.243 e. The van der Waals surface area contributed by atoms with Crippen LogP contribution in [0.15, 0.2) is 23.1 Å². The van der Waals surface area contributed by atoms with E-state index >= 15 is 0 Å². The lowest BCUT2D eigenvalue weighted by molar-refractivity contribution is 0.188. The van der Waals surface area contributed by atoms with Gasteiger partial charge >= 0.3 is 0 Å². The first kappa shape index (κ1) is 14.9. The van der Waals surface area contributed by atoms with E-state index in [2.05, 4.69) is 4.72 Å². The Kier molecular flexibility index (Phi) is 5.13. The van der Waals surface area contributed by atoms with Crippen molar-refractivity contribution in [3.05, 3.63) is 23.8 Å². The minimum Gasteiger partial charge on any atom is -0.398 e. The average molecular weight is 272 g/mol. The number of sulfonamides is 1. The Morgan fingerprint density at radius 3 is 2.67 bits per heavy atom. The van der Waals surface area contributed by atoms with Crippen molar-refractivity contribution in [2.45, 2.75) is 31.2 Å². The summed E-state index contributed by atoms with van der Waals surface area (Å²) >= 11 is 0. The zero-order valence-corrected chi connectivity index (χ0v) is 11.8. The molecule has 0 amide bonds. The highest BCUT2D eigenvalue weighted by Gasteiger charge is 2.21. The van der Waals surface area contributed by atoms with Crippen LogP contribution < -0.4 is 10.5 Å². The van der Waals surface area contributed by atoms with Gasteiger partial charge in [0, 0.05) is 19.8 Å². The largest absolute Gasteiger partial charge is 0.398 e. The van der Waals surface area contributed by atoms with Crippen LogP contribution in [0.3, 0.4) is 0 Å². The Morgan fingerprint density at radius 1 is 1.44 bits per heavy atom. The lowest BCUT2D eigenvalue weighted by Gasteiger charge is -2.16. The molecular weight excluding hydrogens is 252 g/mol. The maximum atomic E-state index is 12.2. The molecule has 0 aromatic heterocycles. The van der Waals surface area contributed by atoms with Crippen molar-refractivity contribution in [1.29, 1.82) is 0 Å². The Bertz CT molecular complexity index is 480. The van der Waals surface area contributed by atoms with Gasteiger partial charge in [0.2, 0.25) is 10.0 Å². The molecule has 0 heterocycles. The summed E-state index contributed by atoms with van der Waals surface area (Å²) in [6, 6.07) is 4.85. The highest BCUT2D eigenvalue weighted by Crippen LogP contribution is 2.22. The normalized spacial score (nSPS) is 13.5. The molecule has 0 aliphatic heterocycles. The van der Waals surface area contributed by atoms with E-state index in [9.17, 15) is 8.42 Å². The quantitative estimate of drug-likeness (QED) is 0.764. The van der Waals surface area contributed by atoms with Gasteiger partial charge in [-0.15, -0.1) is 0 Å². The predicted molar refractivity (Wildman–Crippen MR) is 71.9 cm³/mol. The van der Waals surface area contributed by atoms with Gasteiger partial charge in [-0.2, -0.15) is 0 Å². The van der Waals surface area contributed by atoms with E-state index in [1.807, 2.05) is 0 Å². The van der Waals surface area contributed by atoms with Crippen molar-refractivity contribution in [1.82, 2.24) is 4.72 Å². The first-order valence-corrected chi connectivity index (χ1v) is 7.23. The number of anilines is 1. The molecule has 3 N–H and O–H groups in total. The number of benzene rings is 1. The van der Waals surface area contributed by atoms with Crippen LogP contribution in [0.25, 0.3) is 0 Å². The summed E-state index contributed by atoms with van der Waals surface area (Å²) in [6.45, 7) is 4.03. The van der Waals surface area contributed by atoms with E-state index < -0.39 is 10.0 Å². The van der Waals surface area contributed by atoms with E-state index in [-0.39, 0.29) is 16.6 Å². The van der Waals surface area contributed by atoms with Crippen LogP contribution in [0.1, 0.15) is 18.9 Å². The molecular formula is C12H20N2O3S. The summed E-state index contributed by atoms with van der Waals surface area (Å²) in [4.78, 5) is 0.161. The summed E-state index contributed by atoms with van der Waals surface area (Å²) in [5, 5.41) is 0. The van der Waals surface area contributed by atoms with Crippen molar-refractivity contribution in [3.8, 4) is 0 Å². The Morgan fingerprint density at radius 2 is 2.11 bits per heavy atom. The topological polar surface area (TPSA) is 81.4 Å². The SMILES string of the molecule is COCCC(C)NS(=O)(=O)c1c(C)cccc1N. The number of nitrogens with two attached hydrogens (primary N) is 1. The fraction of sp³-hybridized carbons (Fsp3) is 0.500. The highest BCUT2D eigenvalue weighted by atomic mass is 32.2. The molecule has 1 rings (SSSR count). The van der Waals surface area contributed by atoms with Crippen LogP contribution in [0.5, 0.6) is 0 Å². The summed E-state index contributed by atoms with van der Waals surface area (Å²) < 4.78 is 32.0. The number of rotatable bonds is 6. The average Bonchev–Trinajstić information content (AvgIpc) is 2.25. The zero-order valence-electron chi connectivity index (χ0n) is 10.9. The van der Waals surface area contributed by atoms with E-state index in [1.165, 1.54) is 0 Å². The van der Waals surface area contributed by atoms with Gasteiger partial charge in [0.1, 0.15) is 4.90 Å². The molecule has 102 valence electrons. The van der Waals surface area contributed by atoms with Gasteiger partial charge in [-0.05, 0) is 31.9 Å². The predicted octanol–water partition coefficient (Wildman–Crippen LogP) is 1.28. The molecule has 0 spiro atoms. The molecule has 1 unspecified atom stereocenters. The minimum absolute atomic E-state index is 0.161. The van der Waals surface area contributed by atoms with E-state index in [0.717, 1.165) is 0 Å². The van der Waals surface area contributed by atoms with Crippen molar-refractivity contribution in [2.75, 3.05) is 19.5 Å². The number of hydrogen-bond donors (Lipinski definition) is 2. The van der Waals surface area contributed by atoms with Gasteiger partial charge in [0.05, 0.1) is 5.69 Å². The molecule has 18 heavy (non-hydrogen) atoms. The summed E-state index contributed by atoms with van der Waals surface area (Å²) in [5.41, 5.74) is 6.64. The van der Waals surface area contributed by atoms with E-state index in [0.29, 0.717) is 18.6 Å². The molecule has 0 bridgehead atoms. The second-order valence-electron chi connectivity index (χ2n) is 4.30. The molecule has 0 aliphatic rings. The standard InChI is InChI=1S/C12H20N2O3S/c1-9-5-4-6-11(13)12(9)18(15,16)14-10(2)7-8-17-3/h4-6,10,14H,7-8,13H2,1-3H3. The molecule has 1 atom stereocenters. The lowest BCUT2D eigenvalue weighted by Crippen LogP contribution is -2.34. The van der Waals surface area contributed by atoms with Crippen LogP contribution in [-0.2, 0) is 14.8 Å². The van der Waals surface area contributed by atoms with E-state index in [4.69, 9.17) is 10.5 Å². The third-order valence-electron chi connectivity index (χ3n) is 2.62. The van der Waals surface area contributed by atoms with Crippen LogP contribution in [0.2, 0.25) is 0 Å². The third-order valence-corrected chi connectivity index (χ3v) is 4.43. The molecule has 1 aromatic carbocycles. The minimum atomic E-state index is -3.58. The summed E-state index contributed by atoms with van der Waals surface area (Å²) in [7, 11) is -2.00. The first-order valence-electron chi connectivity index (χ1n) is 5.75. The zero-order chi connectivity index (χ0) is 13.8. The third kappa shape index (κ3) is 3.69. The molecule has 0 aliphatic carbocycles. The van der Waals surface area contributed by atoms with Crippen molar-refractivity contribution < 1.29 is 13.2 Å². The molecule has 0 radical (unpaired) electrons. The van der Waals surface area contributed by atoms with Crippen molar-refractivity contribution in [3.63, 3.8) is 0 Å². The first-order chi connectivity index (χ1) is 8.38. The second-order valence-corrected chi connectivity index (χ2v) is 5.95. The molecule has 1 aromatic rings. The lowest BCUT2D eigenvalue weighted by atomic mass is 10.2. The van der Waals surface area contributed by atoms with Gasteiger partial charge in [-0.25, -0.2) is 13.1 Å². The molecule has 0 saturated carbocycles. The van der Waals surface area contributed by atoms with E-state index in [1.54, 1.807) is 39.2 Å². The highest BCUT2D eigenvalue weighted by molar-refractivity contribution is 7.89. The Hall–Kier alpha value is -1.11. The number of methoxy groups -OCH3 is 1. The van der Waals surface area contributed by atoms with Crippen LogP contribution >= 0.6 is 0 Å². The monoisotopic (exact) mass is 272 g/mol. The number of ether oxygens (including phenoxy) is 1. The van der Waals surface area contributed by atoms with Gasteiger partial charge < -0.3 is 10.5 Å². The Balaban J connectivity index is 2.93. The van der Waals surface area contributed by atoms with Crippen LogP contribution in [-0.4, -0.2) is 28.2 Å². The molecule has 0 fully saturated rings. The Labute approximate surface area is 108 Å². The summed E-state index contributed by atoms with van der Waals surface area (Å²) in [5.74, 6) is 0. The van der Waals surface area contributed by atoms with Crippen LogP contribution in [0, 0.1) is 6.92 Å².